The van der Waals surface area contributed by atoms with Gasteiger partial charge in [-0.15, -0.1) is 11.8 Å². The maximum Gasteiger partial charge on any atom is 0.293 e. The van der Waals surface area contributed by atoms with Gasteiger partial charge in [-0.2, -0.15) is 0 Å². The molecule has 0 fully saturated rings. The van der Waals surface area contributed by atoms with Crippen molar-refractivity contribution in [2.45, 2.75) is 98.5 Å². The van der Waals surface area contributed by atoms with Gasteiger partial charge in [-0.25, -0.2) is 0 Å². The minimum Gasteiger partial charge on any atom is -0.462 e. The second kappa shape index (κ2) is 20.2. The normalized spacial score (nSPS) is 9.42. The van der Waals surface area contributed by atoms with Crippen molar-refractivity contribution in [1.82, 2.24) is 0 Å². The Kier molecular flexibility index (Phi) is 22.9. The van der Waals surface area contributed by atoms with E-state index in [1.54, 1.807) is 11.8 Å². The van der Waals surface area contributed by atoms with Crippen molar-refractivity contribution in [2.24, 2.45) is 0 Å². The Morgan fingerprint density at radius 3 is 1.85 bits per heavy atom. The standard InChI is InChI=1S/C11H17NS.C5H10O2.C4H10.C2H6/c1-3-5-9-6-7-11(13-4-2)10(12)8-9;1-5(2,3)7-4-6;1-3-4-2;1-2/h6-8H,3-5,12H2,1-2H3;4H,1-3H3;3-4H2,1-2H3;1-2H3. The smallest absolute Gasteiger partial charge is 0.293 e. The summed E-state index contributed by atoms with van der Waals surface area (Å²) in [7, 11) is 0. The number of anilines is 1. The number of benzene rings is 1. The first-order valence-corrected chi connectivity index (χ1v) is 10.9. The van der Waals surface area contributed by atoms with Gasteiger partial charge in [0.2, 0.25) is 0 Å². The molecule has 0 spiro atoms. The third-order valence-corrected chi connectivity index (χ3v) is 3.79. The maximum absolute atomic E-state index is 9.60. The Morgan fingerprint density at radius 1 is 1.04 bits per heavy atom. The summed E-state index contributed by atoms with van der Waals surface area (Å²) < 4.78 is 4.55. The summed E-state index contributed by atoms with van der Waals surface area (Å²) in [5.41, 5.74) is 7.88. The van der Waals surface area contributed by atoms with Crippen LogP contribution in [0.1, 0.15) is 87.1 Å². The van der Waals surface area contributed by atoms with Crippen LogP contribution in [0.4, 0.5) is 5.69 Å². The monoisotopic (exact) mass is 385 g/mol. The number of hydrogen-bond acceptors (Lipinski definition) is 4. The van der Waals surface area contributed by atoms with E-state index in [9.17, 15) is 4.79 Å². The zero-order valence-corrected chi connectivity index (χ0v) is 19.5. The first-order valence-electron chi connectivity index (χ1n) is 9.88. The fourth-order valence-electron chi connectivity index (χ4n) is 1.47. The third-order valence-electron chi connectivity index (χ3n) is 2.81. The van der Waals surface area contributed by atoms with Crippen molar-refractivity contribution in [2.75, 3.05) is 11.5 Å². The number of hydrogen-bond donors (Lipinski definition) is 1. The van der Waals surface area contributed by atoms with Crippen LogP contribution in [0.3, 0.4) is 0 Å². The maximum atomic E-state index is 9.60. The third kappa shape index (κ3) is 20.9. The van der Waals surface area contributed by atoms with E-state index in [0.717, 1.165) is 17.9 Å². The summed E-state index contributed by atoms with van der Waals surface area (Å²) in [6, 6.07) is 6.41. The molecule has 1 rings (SSSR count). The number of carbonyl (C=O) groups excluding carboxylic acids is 1. The van der Waals surface area contributed by atoms with E-state index < -0.39 is 0 Å². The lowest BCUT2D eigenvalue weighted by molar-refractivity contribution is -0.138. The molecule has 0 amide bonds. The van der Waals surface area contributed by atoms with Crippen molar-refractivity contribution in [3.63, 3.8) is 0 Å². The number of carbonyl (C=O) groups is 1. The molecule has 0 heterocycles. The molecule has 154 valence electrons. The van der Waals surface area contributed by atoms with Gasteiger partial charge in [-0.1, -0.05) is 66.9 Å². The second-order valence-corrected chi connectivity index (χ2v) is 7.69. The van der Waals surface area contributed by atoms with Gasteiger partial charge < -0.3 is 10.5 Å². The van der Waals surface area contributed by atoms with Gasteiger partial charge in [0.1, 0.15) is 5.60 Å². The Balaban J connectivity index is -0.000000344. The molecule has 4 heteroatoms. The van der Waals surface area contributed by atoms with Crippen LogP contribution >= 0.6 is 11.8 Å². The Bertz CT molecular complexity index is 427. The number of nitrogens with two attached hydrogens (primary N) is 1. The molecule has 1 aromatic carbocycles. The van der Waals surface area contributed by atoms with Crippen molar-refractivity contribution in [3.05, 3.63) is 23.8 Å². The van der Waals surface area contributed by atoms with Crippen molar-refractivity contribution in [3.8, 4) is 0 Å². The predicted octanol–water partition coefficient (Wildman–Crippen LogP) is 7.12. The van der Waals surface area contributed by atoms with E-state index in [4.69, 9.17) is 5.73 Å². The summed E-state index contributed by atoms with van der Waals surface area (Å²) in [6.07, 6.45) is 4.95. The first-order chi connectivity index (χ1) is 12.2. The molecule has 2 N–H and O–H groups in total. The van der Waals surface area contributed by atoms with Gasteiger partial charge in [0.15, 0.2) is 0 Å². The van der Waals surface area contributed by atoms with Crippen LogP contribution in [0.25, 0.3) is 0 Å². The molecule has 3 nitrogen and oxygen atoms in total. The van der Waals surface area contributed by atoms with Crippen molar-refractivity contribution < 1.29 is 9.53 Å². The van der Waals surface area contributed by atoms with Crippen LogP contribution in [0.15, 0.2) is 23.1 Å². The number of nitrogen functional groups attached to an aromatic ring is 1. The molecule has 0 aliphatic carbocycles. The Labute approximate surface area is 167 Å². The minimum absolute atomic E-state index is 0.318. The molecular formula is C22H43NO2S. The fraction of sp³-hybridized carbons (Fsp3) is 0.682. The van der Waals surface area contributed by atoms with E-state index in [1.165, 1.54) is 29.7 Å². The van der Waals surface area contributed by atoms with Crippen molar-refractivity contribution in [1.29, 1.82) is 0 Å². The molecule has 0 aromatic heterocycles. The zero-order valence-electron chi connectivity index (χ0n) is 18.6. The molecule has 0 atom stereocenters. The summed E-state index contributed by atoms with van der Waals surface area (Å²) >= 11 is 1.80. The highest BCUT2D eigenvalue weighted by Gasteiger charge is 2.07. The topological polar surface area (TPSA) is 52.3 Å². The summed E-state index contributed by atoms with van der Waals surface area (Å²) in [6.45, 7) is 18.6. The number of aryl methyl sites for hydroxylation is 1. The highest BCUT2D eigenvalue weighted by molar-refractivity contribution is 7.99. The molecular weight excluding hydrogens is 342 g/mol. The largest absolute Gasteiger partial charge is 0.462 e. The van der Waals surface area contributed by atoms with E-state index in [2.05, 4.69) is 50.6 Å². The quantitative estimate of drug-likeness (QED) is 0.321. The molecule has 0 saturated carbocycles. The number of unbranched alkanes of at least 4 members (excludes halogenated alkanes) is 1. The number of thioether (sulfide) groups is 1. The Hall–Kier alpha value is -1.16. The highest BCUT2D eigenvalue weighted by atomic mass is 32.2. The van der Waals surface area contributed by atoms with Gasteiger partial charge in [-0.3, -0.25) is 4.79 Å². The number of rotatable bonds is 6. The minimum atomic E-state index is -0.318. The SMILES string of the molecule is CC.CC(C)(C)OC=O.CCCC.CCCc1ccc(SCC)c(N)c1. The van der Waals surface area contributed by atoms with Crippen LogP contribution in [0.5, 0.6) is 0 Å². The average Bonchev–Trinajstić information content (AvgIpc) is 2.59. The first kappa shape index (κ1) is 29.6. The molecule has 26 heavy (non-hydrogen) atoms. The van der Waals surface area contributed by atoms with E-state index in [1.807, 2.05) is 34.6 Å². The predicted molar refractivity (Wildman–Crippen MR) is 120 cm³/mol. The molecule has 0 unspecified atom stereocenters. The molecule has 1 aromatic rings. The van der Waals surface area contributed by atoms with E-state index in [0.29, 0.717) is 6.47 Å². The van der Waals surface area contributed by atoms with Crippen LogP contribution < -0.4 is 5.73 Å². The highest BCUT2D eigenvalue weighted by Crippen LogP contribution is 2.25. The summed E-state index contributed by atoms with van der Waals surface area (Å²) in [5.74, 6) is 1.08. The second-order valence-electron chi connectivity index (χ2n) is 6.38. The van der Waals surface area contributed by atoms with Gasteiger partial charge in [-0.05, 0) is 50.6 Å². The van der Waals surface area contributed by atoms with Gasteiger partial charge in [0.25, 0.3) is 6.47 Å². The Morgan fingerprint density at radius 2 is 1.58 bits per heavy atom. The lowest BCUT2D eigenvalue weighted by atomic mass is 10.1. The van der Waals surface area contributed by atoms with Crippen molar-refractivity contribution >= 4 is 23.9 Å². The van der Waals surface area contributed by atoms with Gasteiger partial charge >= 0.3 is 0 Å². The lowest BCUT2D eigenvalue weighted by Crippen LogP contribution is -2.17. The fourth-order valence-corrected chi connectivity index (χ4v) is 2.17. The molecule has 0 saturated heterocycles. The van der Waals surface area contributed by atoms with Crippen LogP contribution in [-0.2, 0) is 16.0 Å². The van der Waals surface area contributed by atoms with E-state index in [-0.39, 0.29) is 5.60 Å². The van der Waals surface area contributed by atoms with Gasteiger partial charge in [0.05, 0.1) is 0 Å². The summed E-state index contributed by atoms with van der Waals surface area (Å²) in [4.78, 5) is 10.8. The molecule has 0 bridgehead atoms. The molecule has 0 radical (unpaired) electrons. The van der Waals surface area contributed by atoms with E-state index >= 15 is 0 Å². The van der Waals surface area contributed by atoms with Crippen LogP contribution in [0.2, 0.25) is 0 Å². The van der Waals surface area contributed by atoms with Crippen LogP contribution in [-0.4, -0.2) is 17.8 Å². The van der Waals surface area contributed by atoms with Gasteiger partial charge in [0, 0.05) is 10.6 Å². The summed E-state index contributed by atoms with van der Waals surface area (Å²) in [5, 5.41) is 0. The number of ether oxygens (including phenoxy) is 1. The van der Waals surface area contributed by atoms with Crippen LogP contribution in [0, 0.1) is 0 Å². The average molecular weight is 386 g/mol. The lowest BCUT2D eigenvalue weighted by Gasteiger charge is -2.14. The zero-order chi connectivity index (χ0) is 21.0. The molecule has 0 aliphatic heterocycles. The molecule has 0 aliphatic rings.